The van der Waals surface area contributed by atoms with Gasteiger partial charge in [-0.25, -0.2) is 4.39 Å². The van der Waals surface area contributed by atoms with Crippen LogP contribution in [0.15, 0.2) is 47.0 Å². The summed E-state index contributed by atoms with van der Waals surface area (Å²) >= 11 is 0. The lowest BCUT2D eigenvalue weighted by Gasteiger charge is -2.05. The zero-order chi connectivity index (χ0) is 20.5. The lowest BCUT2D eigenvalue weighted by molar-refractivity contribution is 0.0939. The van der Waals surface area contributed by atoms with Crippen molar-refractivity contribution in [2.75, 3.05) is 0 Å². The van der Waals surface area contributed by atoms with E-state index >= 15 is 0 Å². The first kappa shape index (κ1) is 18.9. The van der Waals surface area contributed by atoms with E-state index in [0.717, 1.165) is 33.3 Å². The van der Waals surface area contributed by atoms with Gasteiger partial charge in [-0.2, -0.15) is 0 Å². The average Bonchev–Trinajstić information content (AvgIpc) is 3.26. The second kappa shape index (κ2) is 7.52. The number of aromatic nitrogens is 2. The molecule has 148 valence electrons. The highest BCUT2D eigenvalue weighted by molar-refractivity contribution is 5.94. The highest BCUT2D eigenvalue weighted by Gasteiger charge is 2.19. The number of fused-ring (bicyclic) bond motifs is 1. The molecule has 0 unspecified atom stereocenters. The number of nitrogens with zero attached hydrogens (tertiary/aromatic N) is 1. The molecule has 6 nitrogen and oxygen atoms in total. The molecule has 7 heteroatoms. The minimum atomic E-state index is -0.399. The van der Waals surface area contributed by atoms with Gasteiger partial charge in [-0.05, 0) is 66.9 Å². The second-order valence-electron chi connectivity index (χ2n) is 6.92. The van der Waals surface area contributed by atoms with Crippen LogP contribution in [0.5, 0.6) is 0 Å². The third-order valence-corrected chi connectivity index (χ3v) is 5.07. The number of rotatable bonds is 5. The van der Waals surface area contributed by atoms with E-state index in [4.69, 9.17) is 4.52 Å². The predicted octanol–water partition coefficient (Wildman–Crippen LogP) is 4.00. The zero-order valence-corrected chi connectivity index (χ0v) is 16.0. The summed E-state index contributed by atoms with van der Waals surface area (Å²) < 4.78 is 18.2. The fourth-order valence-electron chi connectivity index (χ4n) is 3.41. The lowest BCUT2D eigenvalue weighted by atomic mass is 10.0. The molecule has 0 bridgehead atoms. The van der Waals surface area contributed by atoms with Crippen LogP contribution < -0.4 is 5.32 Å². The zero-order valence-electron chi connectivity index (χ0n) is 16.0. The van der Waals surface area contributed by atoms with Crippen LogP contribution in [-0.4, -0.2) is 21.2 Å². The number of aryl methyl sites for hydroxylation is 2. The number of benzene rings is 2. The topological polar surface area (TPSA) is 91.2 Å². The Hall–Kier alpha value is -3.45. The summed E-state index contributed by atoms with van der Waals surface area (Å²) in [4.78, 5) is 15.8. The molecule has 29 heavy (non-hydrogen) atoms. The summed E-state index contributed by atoms with van der Waals surface area (Å²) in [6.07, 6.45) is 0. The van der Waals surface area contributed by atoms with Gasteiger partial charge in [0.1, 0.15) is 11.6 Å². The first-order valence-electron chi connectivity index (χ1n) is 9.19. The quantitative estimate of drug-likeness (QED) is 0.478. The molecule has 0 aliphatic heterocycles. The number of aliphatic hydroxyl groups excluding tert-OH is 1. The van der Waals surface area contributed by atoms with Gasteiger partial charge in [0.2, 0.25) is 0 Å². The molecule has 0 aliphatic carbocycles. The molecule has 1 amide bonds. The van der Waals surface area contributed by atoms with Gasteiger partial charge in [0.25, 0.3) is 5.91 Å². The Morgan fingerprint density at radius 2 is 1.97 bits per heavy atom. The smallest absolute Gasteiger partial charge is 0.274 e. The number of aromatic amines is 1. The predicted molar refractivity (Wildman–Crippen MR) is 107 cm³/mol. The normalized spacial score (nSPS) is 11.2. The maximum atomic E-state index is 13.2. The average molecular weight is 393 g/mol. The first-order valence-corrected chi connectivity index (χ1v) is 9.19. The van der Waals surface area contributed by atoms with Crippen molar-refractivity contribution in [1.29, 1.82) is 0 Å². The van der Waals surface area contributed by atoms with Crippen molar-refractivity contribution < 1.29 is 18.8 Å². The number of hydrogen-bond acceptors (Lipinski definition) is 4. The van der Waals surface area contributed by atoms with E-state index < -0.39 is 5.91 Å². The monoisotopic (exact) mass is 393 g/mol. The Morgan fingerprint density at radius 1 is 1.21 bits per heavy atom. The van der Waals surface area contributed by atoms with Crippen LogP contribution in [0.2, 0.25) is 0 Å². The summed E-state index contributed by atoms with van der Waals surface area (Å²) in [6, 6.07) is 12.3. The van der Waals surface area contributed by atoms with Gasteiger partial charge in [0, 0.05) is 23.1 Å². The van der Waals surface area contributed by atoms with E-state index in [0.29, 0.717) is 17.9 Å². The summed E-state index contributed by atoms with van der Waals surface area (Å²) in [7, 11) is 0. The minimum Gasteiger partial charge on any atom is -0.391 e. The van der Waals surface area contributed by atoms with Gasteiger partial charge in [0.15, 0.2) is 5.69 Å². The summed E-state index contributed by atoms with van der Waals surface area (Å²) in [5.74, 6) is -0.244. The Balaban J connectivity index is 1.57. The van der Waals surface area contributed by atoms with Crippen LogP contribution >= 0.6 is 0 Å². The molecule has 0 aliphatic rings. The van der Waals surface area contributed by atoms with Crippen LogP contribution in [-0.2, 0) is 13.2 Å². The molecule has 3 N–H and O–H groups in total. The van der Waals surface area contributed by atoms with Crippen molar-refractivity contribution in [3.8, 4) is 11.3 Å². The maximum absolute atomic E-state index is 13.2. The molecular weight excluding hydrogens is 373 g/mol. The molecule has 4 aromatic rings. The molecule has 0 atom stereocenters. The summed E-state index contributed by atoms with van der Waals surface area (Å²) in [5, 5.41) is 16.9. The largest absolute Gasteiger partial charge is 0.391 e. The van der Waals surface area contributed by atoms with Gasteiger partial charge in [-0.15, -0.1) is 0 Å². The lowest BCUT2D eigenvalue weighted by Crippen LogP contribution is -2.24. The molecule has 4 rings (SSSR count). The Labute approximate surface area is 166 Å². The van der Waals surface area contributed by atoms with Crippen molar-refractivity contribution in [2.45, 2.75) is 27.0 Å². The van der Waals surface area contributed by atoms with Gasteiger partial charge in [-0.3, -0.25) is 4.79 Å². The summed E-state index contributed by atoms with van der Waals surface area (Å²) in [6.45, 7) is 3.66. The molecule has 0 saturated heterocycles. The van der Waals surface area contributed by atoms with E-state index in [1.165, 1.54) is 12.1 Å². The third-order valence-electron chi connectivity index (χ3n) is 5.07. The number of halogens is 1. The SMILES string of the molecule is Cc1onc(C(=O)NCc2ccc3[nH]c(-c4ccc(F)cc4)c(C)c3c2)c1CO. The second-order valence-corrected chi connectivity index (χ2v) is 6.92. The summed E-state index contributed by atoms with van der Waals surface area (Å²) in [5.41, 5.74) is 5.27. The Kier molecular flexibility index (Phi) is 4.90. The van der Waals surface area contributed by atoms with Crippen molar-refractivity contribution in [3.05, 3.63) is 76.4 Å². The minimum absolute atomic E-state index is 0.0995. The maximum Gasteiger partial charge on any atom is 0.274 e. The molecule has 0 fully saturated rings. The Bertz CT molecular complexity index is 1190. The van der Waals surface area contributed by atoms with Gasteiger partial charge >= 0.3 is 0 Å². The highest BCUT2D eigenvalue weighted by atomic mass is 19.1. The van der Waals surface area contributed by atoms with E-state index in [9.17, 15) is 14.3 Å². The van der Waals surface area contributed by atoms with Crippen LogP contribution in [0, 0.1) is 19.7 Å². The number of H-pyrrole nitrogens is 1. The fraction of sp³-hybridized carbons (Fsp3) is 0.182. The molecule has 0 spiro atoms. The van der Waals surface area contributed by atoms with Crippen LogP contribution in [0.25, 0.3) is 22.2 Å². The fourth-order valence-corrected chi connectivity index (χ4v) is 3.41. The first-order chi connectivity index (χ1) is 14.0. The number of amides is 1. The Morgan fingerprint density at radius 3 is 2.69 bits per heavy atom. The number of hydrogen-bond donors (Lipinski definition) is 3. The number of carbonyl (C=O) groups is 1. The molecule has 2 aromatic carbocycles. The van der Waals surface area contributed by atoms with Crippen molar-refractivity contribution >= 4 is 16.8 Å². The number of nitrogens with one attached hydrogen (secondary N) is 2. The van der Waals surface area contributed by atoms with Crippen LogP contribution in [0.3, 0.4) is 0 Å². The van der Waals surface area contributed by atoms with Crippen molar-refractivity contribution in [1.82, 2.24) is 15.5 Å². The molecular formula is C22H20FN3O3. The van der Waals surface area contributed by atoms with E-state index in [2.05, 4.69) is 15.5 Å². The van der Waals surface area contributed by atoms with Crippen molar-refractivity contribution in [2.24, 2.45) is 0 Å². The van der Waals surface area contributed by atoms with E-state index in [1.807, 2.05) is 25.1 Å². The van der Waals surface area contributed by atoms with Gasteiger partial charge in [-0.1, -0.05) is 11.2 Å². The van der Waals surface area contributed by atoms with E-state index in [-0.39, 0.29) is 18.1 Å². The highest BCUT2D eigenvalue weighted by Crippen LogP contribution is 2.30. The molecule has 2 aromatic heterocycles. The van der Waals surface area contributed by atoms with Crippen LogP contribution in [0.4, 0.5) is 4.39 Å². The third kappa shape index (κ3) is 3.52. The van der Waals surface area contributed by atoms with Gasteiger partial charge < -0.3 is 19.9 Å². The van der Waals surface area contributed by atoms with E-state index in [1.54, 1.807) is 19.1 Å². The van der Waals surface area contributed by atoms with Crippen LogP contribution in [0.1, 0.15) is 32.9 Å². The standard InChI is InChI=1S/C22H20FN3O3/c1-12-17-9-14(10-24-22(28)21-18(11-27)13(2)29-26-21)3-8-19(17)25-20(12)15-4-6-16(23)7-5-15/h3-9,25,27H,10-11H2,1-2H3,(H,24,28). The van der Waals surface area contributed by atoms with Gasteiger partial charge in [0.05, 0.1) is 12.2 Å². The molecule has 0 saturated carbocycles. The number of aliphatic hydroxyl groups is 1. The molecule has 0 radical (unpaired) electrons. The molecule has 2 heterocycles. The van der Waals surface area contributed by atoms with Crippen molar-refractivity contribution in [3.63, 3.8) is 0 Å². The number of carbonyl (C=O) groups excluding carboxylic acids is 1.